The first kappa shape index (κ1) is 17.0. The van der Waals surface area contributed by atoms with Gasteiger partial charge in [0.1, 0.15) is 4.90 Å². The van der Waals surface area contributed by atoms with Gasteiger partial charge in [0.15, 0.2) is 0 Å². The number of hydrogen-bond donors (Lipinski definition) is 1. The second-order valence-electron chi connectivity index (χ2n) is 6.37. The van der Waals surface area contributed by atoms with Crippen LogP contribution >= 0.6 is 11.3 Å². The largest absolute Gasteiger partial charge is 0.324 e. The van der Waals surface area contributed by atoms with E-state index in [-0.39, 0.29) is 21.6 Å². The third-order valence-electron chi connectivity index (χ3n) is 4.54. The van der Waals surface area contributed by atoms with Crippen LogP contribution in [0.3, 0.4) is 0 Å². The second-order valence-corrected chi connectivity index (χ2v) is 9.20. The number of fused-ring (bicyclic) bond motifs is 1. The molecular weight excluding hydrogens is 366 g/mol. The van der Waals surface area contributed by atoms with Crippen molar-refractivity contribution in [3.05, 3.63) is 76.0 Å². The van der Waals surface area contributed by atoms with Gasteiger partial charge in [0, 0.05) is 22.6 Å². The van der Waals surface area contributed by atoms with Crippen LogP contribution in [0.1, 0.15) is 28.3 Å². The van der Waals surface area contributed by atoms with Crippen molar-refractivity contribution in [2.24, 2.45) is 0 Å². The van der Waals surface area contributed by atoms with Gasteiger partial charge >= 0.3 is 0 Å². The summed E-state index contributed by atoms with van der Waals surface area (Å²) in [7, 11) is -3.68. The van der Waals surface area contributed by atoms with Crippen LogP contribution < -0.4 is 5.32 Å². The average Bonchev–Trinajstić information content (AvgIpc) is 3.06. The maximum Gasteiger partial charge on any atom is 0.225 e. The van der Waals surface area contributed by atoms with Crippen molar-refractivity contribution in [2.45, 2.75) is 29.1 Å². The molecule has 0 saturated heterocycles. The van der Waals surface area contributed by atoms with Crippen molar-refractivity contribution in [1.29, 1.82) is 0 Å². The summed E-state index contributed by atoms with van der Waals surface area (Å²) < 4.78 is 26.1. The Kier molecular flexibility index (Phi) is 4.17. The zero-order valence-corrected chi connectivity index (χ0v) is 15.7. The first-order valence-electron chi connectivity index (χ1n) is 8.25. The van der Waals surface area contributed by atoms with Crippen LogP contribution in [0.15, 0.2) is 69.8 Å². The van der Waals surface area contributed by atoms with Gasteiger partial charge in [0.25, 0.3) is 0 Å². The van der Waals surface area contributed by atoms with Crippen molar-refractivity contribution >= 4 is 32.8 Å². The first-order chi connectivity index (χ1) is 12.5. The van der Waals surface area contributed by atoms with Crippen molar-refractivity contribution in [2.75, 3.05) is 5.32 Å². The van der Waals surface area contributed by atoms with E-state index in [4.69, 9.17) is 0 Å². The molecule has 1 unspecified atom stereocenters. The Morgan fingerprint density at radius 1 is 1.08 bits per heavy atom. The molecule has 1 amide bonds. The van der Waals surface area contributed by atoms with Gasteiger partial charge in [-0.1, -0.05) is 48.0 Å². The van der Waals surface area contributed by atoms with E-state index in [0.29, 0.717) is 12.1 Å². The predicted molar refractivity (Wildman–Crippen MR) is 102 cm³/mol. The molecule has 4 nitrogen and oxygen atoms in total. The lowest BCUT2D eigenvalue weighted by Crippen LogP contribution is -2.23. The number of sulfone groups is 1. The third kappa shape index (κ3) is 2.85. The summed E-state index contributed by atoms with van der Waals surface area (Å²) in [6, 6.07) is 16.3. The molecule has 6 heteroatoms. The molecule has 2 aromatic carbocycles. The van der Waals surface area contributed by atoms with Gasteiger partial charge in [-0.15, -0.1) is 11.3 Å². The third-order valence-corrected chi connectivity index (χ3v) is 7.58. The van der Waals surface area contributed by atoms with E-state index in [1.165, 1.54) is 11.3 Å². The Balaban J connectivity index is 1.85. The number of anilines is 1. The summed E-state index contributed by atoms with van der Waals surface area (Å²) in [5.74, 6) is -0.282. The zero-order valence-electron chi connectivity index (χ0n) is 14.1. The van der Waals surface area contributed by atoms with Crippen LogP contribution in [0.2, 0.25) is 0 Å². The molecule has 1 N–H and O–H groups in total. The van der Waals surface area contributed by atoms with E-state index in [2.05, 4.69) is 11.4 Å². The Bertz CT molecular complexity index is 1090. The minimum absolute atomic E-state index is 0.122. The molecule has 0 fully saturated rings. The van der Waals surface area contributed by atoms with E-state index in [1.54, 1.807) is 35.7 Å². The number of carbonyl (C=O) groups excluding carboxylic acids is 1. The quantitative estimate of drug-likeness (QED) is 0.731. The number of rotatable bonds is 3. The molecule has 0 aliphatic carbocycles. The monoisotopic (exact) mass is 383 g/mol. The van der Waals surface area contributed by atoms with Gasteiger partial charge in [-0.05, 0) is 24.6 Å². The van der Waals surface area contributed by atoms with Gasteiger partial charge in [-0.2, -0.15) is 0 Å². The summed E-state index contributed by atoms with van der Waals surface area (Å²) in [5.41, 5.74) is 2.58. The molecule has 0 saturated carbocycles. The number of benzene rings is 2. The van der Waals surface area contributed by atoms with E-state index in [0.717, 1.165) is 16.0 Å². The fourth-order valence-corrected chi connectivity index (χ4v) is 6.21. The molecule has 0 spiro atoms. The average molecular weight is 383 g/mol. The molecule has 4 rings (SSSR count). The van der Waals surface area contributed by atoms with Crippen LogP contribution in [-0.4, -0.2) is 14.3 Å². The van der Waals surface area contributed by atoms with Gasteiger partial charge < -0.3 is 5.32 Å². The molecule has 0 radical (unpaired) electrons. The van der Waals surface area contributed by atoms with Crippen LogP contribution in [0.4, 0.5) is 5.69 Å². The first-order valence-corrected chi connectivity index (χ1v) is 10.6. The summed E-state index contributed by atoms with van der Waals surface area (Å²) in [6.45, 7) is 2.01. The van der Waals surface area contributed by atoms with Crippen molar-refractivity contribution in [3.8, 4) is 0 Å². The normalized spacial score (nSPS) is 16.8. The number of carbonyl (C=O) groups is 1. The molecule has 132 valence electrons. The van der Waals surface area contributed by atoms with E-state index < -0.39 is 9.84 Å². The smallest absolute Gasteiger partial charge is 0.225 e. The fourth-order valence-electron chi connectivity index (χ4n) is 3.28. The molecule has 0 bridgehead atoms. The summed E-state index contributed by atoms with van der Waals surface area (Å²) in [5, 5.41) is 4.43. The fraction of sp³-hybridized carbons (Fsp3) is 0.150. The highest BCUT2D eigenvalue weighted by atomic mass is 32.2. The Hall–Kier alpha value is -2.44. The number of aryl methyl sites for hydroxylation is 1. The molecule has 1 aliphatic heterocycles. The molecular formula is C20H17NO3S2. The van der Waals surface area contributed by atoms with Crippen LogP contribution in [0.5, 0.6) is 0 Å². The topological polar surface area (TPSA) is 63.2 Å². The van der Waals surface area contributed by atoms with E-state index in [1.807, 2.05) is 25.1 Å². The molecule has 26 heavy (non-hydrogen) atoms. The number of hydrogen-bond acceptors (Lipinski definition) is 4. The van der Waals surface area contributed by atoms with Crippen LogP contribution in [0.25, 0.3) is 0 Å². The molecule has 2 heterocycles. The molecule has 1 aromatic heterocycles. The maximum atomic E-state index is 13.0. The summed E-state index contributed by atoms with van der Waals surface area (Å²) in [4.78, 5) is 13.6. The predicted octanol–water partition coefficient (Wildman–Crippen LogP) is 4.36. The van der Waals surface area contributed by atoms with Gasteiger partial charge in [0.05, 0.1) is 10.6 Å². The van der Waals surface area contributed by atoms with Gasteiger partial charge in [-0.25, -0.2) is 8.42 Å². The minimum Gasteiger partial charge on any atom is -0.324 e. The summed E-state index contributed by atoms with van der Waals surface area (Å²) >= 11 is 1.39. The Labute approximate surface area is 156 Å². The second kappa shape index (κ2) is 6.37. The Morgan fingerprint density at radius 2 is 1.85 bits per heavy atom. The highest BCUT2D eigenvalue weighted by Crippen LogP contribution is 2.45. The maximum absolute atomic E-state index is 13.0. The lowest BCUT2D eigenvalue weighted by molar-refractivity contribution is -0.116. The van der Waals surface area contributed by atoms with Crippen LogP contribution in [0, 0.1) is 6.92 Å². The lowest BCUT2D eigenvalue weighted by atomic mass is 9.90. The molecule has 3 aromatic rings. The minimum atomic E-state index is -3.68. The summed E-state index contributed by atoms with van der Waals surface area (Å²) in [6.07, 6.45) is 0.321. The van der Waals surface area contributed by atoms with Crippen molar-refractivity contribution < 1.29 is 13.2 Å². The standard InChI is InChI=1S/C20H17NO3S2/c1-13-6-5-7-14(10-13)16-11-18(22)21-19-17(12-25-20(16)19)26(23,24)15-8-3-2-4-9-15/h2-10,12,16H,11H2,1H3,(H,21,22). The van der Waals surface area contributed by atoms with Crippen LogP contribution in [-0.2, 0) is 14.6 Å². The Morgan fingerprint density at radius 3 is 2.58 bits per heavy atom. The van der Waals surface area contributed by atoms with E-state index >= 15 is 0 Å². The van der Waals surface area contributed by atoms with Gasteiger partial charge in [-0.3, -0.25) is 4.79 Å². The zero-order chi connectivity index (χ0) is 18.3. The van der Waals surface area contributed by atoms with Crippen molar-refractivity contribution in [1.82, 2.24) is 0 Å². The van der Waals surface area contributed by atoms with Gasteiger partial charge in [0.2, 0.25) is 15.7 Å². The molecule has 1 atom stereocenters. The van der Waals surface area contributed by atoms with E-state index in [9.17, 15) is 13.2 Å². The van der Waals surface area contributed by atoms with Crippen molar-refractivity contribution in [3.63, 3.8) is 0 Å². The number of nitrogens with one attached hydrogen (secondary N) is 1. The SMILES string of the molecule is Cc1cccc(C2CC(=O)Nc3c(S(=O)(=O)c4ccccc4)csc32)c1. The lowest BCUT2D eigenvalue weighted by Gasteiger charge is -2.24. The number of thiophene rings is 1. The highest BCUT2D eigenvalue weighted by Gasteiger charge is 2.34. The number of amides is 1. The molecule has 1 aliphatic rings. The highest BCUT2D eigenvalue weighted by molar-refractivity contribution is 7.91.